The molecule has 4 nitrogen and oxygen atoms in total. The number of aryl methyl sites for hydroxylation is 1. The average Bonchev–Trinajstić information content (AvgIpc) is 3.17. The summed E-state index contributed by atoms with van der Waals surface area (Å²) in [7, 11) is 0. The van der Waals surface area contributed by atoms with E-state index in [0.29, 0.717) is 19.5 Å². The topological polar surface area (TPSA) is 57.6 Å². The first-order chi connectivity index (χ1) is 9.04. The van der Waals surface area contributed by atoms with Crippen LogP contribution in [0.5, 0.6) is 0 Å². The average molecular weight is 261 g/mol. The van der Waals surface area contributed by atoms with E-state index in [0.717, 1.165) is 11.1 Å². The van der Waals surface area contributed by atoms with Gasteiger partial charge in [-0.15, -0.1) is 0 Å². The lowest BCUT2D eigenvalue weighted by Crippen LogP contribution is -2.32. The van der Waals surface area contributed by atoms with Gasteiger partial charge in [-0.25, -0.2) is 0 Å². The van der Waals surface area contributed by atoms with Crippen LogP contribution in [0.2, 0.25) is 0 Å². The van der Waals surface area contributed by atoms with Gasteiger partial charge in [0.25, 0.3) is 0 Å². The molecule has 2 atom stereocenters. The van der Waals surface area contributed by atoms with Gasteiger partial charge in [0.05, 0.1) is 11.8 Å². The molecule has 0 heterocycles. The molecule has 0 saturated heterocycles. The molecule has 0 spiro atoms. The zero-order valence-electron chi connectivity index (χ0n) is 11.3. The highest BCUT2D eigenvalue weighted by atomic mass is 16.4. The van der Waals surface area contributed by atoms with Gasteiger partial charge >= 0.3 is 5.97 Å². The van der Waals surface area contributed by atoms with Crippen LogP contribution >= 0.6 is 0 Å². The van der Waals surface area contributed by atoms with Crippen LogP contribution < -0.4 is 0 Å². The molecule has 2 rings (SSSR count). The molecule has 1 fully saturated rings. The van der Waals surface area contributed by atoms with E-state index < -0.39 is 11.9 Å². The van der Waals surface area contributed by atoms with Crippen molar-refractivity contribution < 1.29 is 14.7 Å². The van der Waals surface area contributed by atoms with Crippen molar-refractivity contribution in [1.82, 2.24) is 4.90 Å². The Labute approximate surface area is 113 Å². The Morgan fingerprint density at radius 2 is 2.00 bits per heavy atom. The number of hydrogen-bond acceptors (Lipinski definition) is 2. The third kappa shape index (κ3) is 2.95. The molecular formula is C15H19NO3. The van der Waals surface area contributed by atoms with Crippen LogP contribution in [-0.2, 0) is 16.1 Å². The summed E-state index contributed by atoms with van der Waals surface area (Å²) >= 11 is 0. The van der Waals surface area contributed by atoms with E-state index in [1.54, 1.807) is 4.90 Å². The molecule has 1 saturated carbocycles. The Balaban J connectivity index is 2.03. The molecule has 1 aromatic rings. The highest BCUT2D eigenvalue weighted by Gasteiger charge is 2.49. The summed E-state index contributed by atoms with van der Waals surface area (Å²) in [6.07, 6.45) is 0.485. The lowest BCUT2D eigenvalue weighted by atomic mass is 10.1. The van der Waals surface area contributed by atoms with E-state index in [9.17, 15) is 9.59 Å². The molecule has 0 radical (unpaired) electrons. The lowest BCUT2D eigenvalue weighted by Gasteiger charge is -2.22. The van der Waals surface area contributed by atoms with E-state index in [-0.39, 0.29) is 11.8 Å². The highest BCUT2D eigenvalue weighted by molar-refractivity contribution is 5.89. The molecule has 4 heteroatoms. The fourth-order valence-electron chi connectivity index (χ4n) is 2.31. The zero-order valence-corrected chi connectivity index (χ0v) is 11.3. The van der Waals surface area contributed by atoms with E-state index in [4.69, 9.17) is 5.11 Å². The molecule has 0 aliphatic heterocycles. The Bertz CT molecular complexity index is 498. The molecule has 19 heavy (non-hydrogen) atoms. The number of carbonyl (C=O) groups excluding carboxylic acids is 1. The second kappa shape index (κ2) is 5.43. The van der Waals surface area contributed by atoms with Crippen LogP contribution in [0, 0.1) is 18.8 Å². The molecule has 1 amide bonds. The van der Waals surface area contributed by atoms with Crippen LogP contribution in [0.3, 0.4) is 0 Å². The van der Waals surface area contributed by atoms with Crippen molar-refractivity contribution in [1.29, 1.82) is 0 Å². The summed E-state index contributed by atoms with van der Waals surface area (Å²) in [6.45, 7) is 5.11. The predicted molar refractivity (Wildman–Crippen MR) is 71.5 cm³/mol. The first-order valence-electron chi connectivity index (χ1n) is 6.60. The number of carboxylic acid groups (broad SMARTS) is 1. The van der Waals surface area contributed by atoms with Crippen molar-refractivity contribution in [3.05, 3.63) is 35.4 Å². The Kier molecular flexibility index (Phi) is 3.88. The van der Waals surface area contributed by atoms with Crippen molar-refractivity contribution >= 4 is 11.9 Å². The second-order valence-electron chi connectivity index (χ2n) is 5.07. The van der Waals surface area contributed by atoms with Gasteiger partial charge in [0, 0.05) is 13.1 Å². The number of benzene rings is 1. The third-order valence-electron chi connectivity index (χ3n) is 3.74. The maximum absolute atomic E-state index is 12.2. The van der Waals surface area contributed by atoms with Crippen LogP contribution in [0.25, 0.3) is 0 Å². The normalized spacial score (nSPS) is 20.9. The van der Waals surface area contributed by atoms with Crippen LogP contribution in [0.15, 0.2) is 24.3 Å². The van der Waals surface area contributed by atoms with Crippen LogP contribution in [-0.4, -0.2) is 28.4 Å². The monoisotopic (exact) mass is 261 g/mol. The SMILES string of the molecule is CCN(Cc1ccccc1C)C(=O)C1CC1C(=O)O. The number of amides is 1. The number of nitrogens with zero attached hydrogens (tertiary/aromatic N) is 1. The molecule has 1 aliphatic rings. The fourth-order valence-corrected chi connectivity index (χ4v) is 2.31. The van der Waals surface area contributed by atoms with Crippen molar-refractivity contribution in [3.8, 4) is 0 Å². The van der Waals surface area contributed by atoms with Gasteiger partial charge in [-0.2, -0.15) is 0 Å². The summed E-state index contributed by atoms with van der Waals surface area (Å²) in [5, 5.41) is 8.89. The van der Waals surface area contributed by atoms with E-state index >= 15 is 0 Å². The highest BCUT2D eigenvalue weighted by Crippen LogP contribution is 2.40. The van der Waals surface area contributed by atoms with Crippen molar-refractivity contribution in [3.63, 3.8) is 0 Å². The van der Waals surface area contributed by atoms with E-state index in [2.05, 4.69) is 0 Å². The fraction of sp³-hybridized carbons (Fsp3) is 0.467. The van der Waals surface area contributed by atoms with E-state index in [1.807, 2.05) is 38.1 Å². The number of aliphatic carboxylic acids is 1. The number of hydrogen-bond donors (Lipinski definition) is 1. The molecule has 1 N–H and O–H groups in total. The molecule has 0 bridgehead atoms. The Hall–Kier alpha value is -1.84. The first-order valence-corrected chi connectivity index (χ1v) is 6.60. The maximum Gasteiger partial charge on any atom is 0.307 e. The zero-order chi connectivity index (χ0) is 14.0. The first kappa shape index (κ1) is 13.6. The summed E-state index contributed by atoms with van der Waals surface area (Å²) in [6, 6.07) is 7.95. The molecular weight excluding hydrogens is 242 g/mol. The number of rotatable bonds is 5. The number of carbonyl (C=O) groups is 2. The molecule has 0 aromatic heterocycles. The summed E-state index contributed by atoms with van der Waals surface area (Å²) in [4.78, 5) is 24.8. The van der Waals surface area contributed by atoms with Gasteiger partial charge in [0.15, 0.2) is 0 Å². The molecule has 1 aliphatic carbocycles. The summed E-state index contributed by atoms with van der Waals surface area (Å²) in [5.41, 5.74) is 2.27. The van der Waals surface area contributed by atoms with Crippen molar-refractivity contribution in [2.75, 3.05) is 6.54 Å². The maximum atomic E-state index is 12.2. The number of carboxylic acids is 1. The quantitative estimate of drug-likeness (QED) is 0.882. The minimum atomic E-state index is -0.856. The summed E-state index contributed by atoms with van der Waals surface area (Å²) in [5.74, 6) is -1.68. The third-order valence-corrected chi connectivity index (χ3v) is 3.74. The smallest absolute Gasteiger partial charge is 0.307 e. The van der Waals surface area contributed by atoms with Crippen molar-refractivity contribution in [2.45, 2.75) is 26.8 Å². The van der Waals surface area contributed by atoms with Gasteiger partial charge in [-0.1, -0.05) is 24.3 Å². The largest absolute Gasteiger partial charge is 0.481 e. The van der Waals surface area contributed by atoms with Gasteiger partial charge in [-0.3, -0.25) is 9.59 Å². The van der Waals surface area contributed by atoms with Crippen LogP contribution in [0.4, 0.5) is 0 Å². The van der Waals surface area contributed by atoms with Gasteiger partial charge in [-0.05, 0) is 31.4 Å². The lowest BCUT2D eigenvalue weighted by molar-refractivity contribution is -0.142. The minimum absolute atomic E-state index is 0.0295. The standard InChI is InChI=1S/C15H19NO3/c1-3-16(9-11-7-5-4-6-10(11)2)14(17)12-8-13(12)15(18)19/h4-7,12-13H,3,8-9H2,1-2H3,(H,18,19). The van der Waals surface area contributed by atoms with Crippen LogP contribution in [0.1, 0.15) is 24.5 Å². The molecule has 1 aromatic carbocycles. The van der Waals surface area contributed by atoms with E-state index in [1.165, 1.54) is 0 Å². The molecule has 102 valence electrons. The second-order valence-corrected chi connectivity index (χ2v) is 5.07. The summed E-state index contributed by atoms with van der Waals surface area (Å²) < 4.78 is 0. The predicted octanol–water partition coefficient (Wildman–Crippen LogP) is 2.06. The molecule has 2 unspecified atom stereocenters. The van der Waals surface area contributed by atoms with Crippen molar-refractivity contribution in [2.24, 2.45) is 11.8 Å². The Morgan fingerprint density at radius 3 is 2.53 bits per heavy atom. The Morgan fingerprint density at radius 1 is 1.32 bits per heavy atom. The minimum Gasteiger partial charge on any atom is -0.481 e. The van der Waals surface area contributed by atoms with Gasteiger partial charge < -0.3 is 10.0 Å². The van der Waals surface area contributed by atoms with Gasteiger partial charge in [0.2, 0.25) is 5.91 Å². The van der Waals surface area contributed by atoms with Gasteiger partial charge in [0.1, 0.15) is 0 Å².